The van der Waals surface area contributed by atoms with Crippen molar-refractivity contribution in [3.05, 3.63) is 5.69 Å². The highest BCUT2D eigenvalue weighted by molar-refractivity contribution is 7.80. The zero-order chi connectivity index (χ0) is 9.84. The maximum Gasteiger partial charge on any atom is 0.156 e. The molecule has 0 saturated carbocycles. The first-order chi connectivity index (χ1) is 6.15. The molecule has 1 heterocycles. The Balaban J connectivity index is 2.83. The molecule has 72 valence electrons. The number of nitrogens with one attached hydrogen (secondary N) is 2. The molecule has 0 aromatic carbocycles. The van der Waals surface area contributed by atoms with Crippen molar-refractivity contribution < 1.29 is 0 Å². The molecule has 0 bridgehead atoms. The van der Waals surface area contributed by atoms with E-state index in [1.54, 1.807) is 7.05 Å². The molecule has 1 aromatic heterocycles. The second kappa shape index (κ2) is 4.48. The molecule has 0 atom stereocenters. The highest BCUT2D eigenvalue weighted by Crippen LogP contribution is 2.18. The van der Waals surface area contributed by atoms with E-state index in [-0.39, 0.29) is 0 Å². The molecule has 6 heteroatoms. The summed E-state index contributed by atoms with van der Waals surface area (Å²) in [5.74, 6) is 0. The highest BCUT2D eigenvalue weighted by atomic mass is 32.1. The number of aromatic nitrogens is 2. The van der Waals surface area contributed by atoms with Crippen LogP contribution in [0.5, 0.6) is 0 Å². The van der Waals surface area contributed by atoms with E-state index in [2.05, 4.69) is 34.1 Å². The van der Waals surface area contributed by atoms with Gasteiger partial charge in [-0.3, -0.25) is 0 Å². The number of rotatable bonds is 3. The Bertz CT molecular complexity index is 294. The van der Waals surface area contributed by atoms with Gasteiger partial charge in [-0.15, -0.1) is 5.10 Å². The summed E-state index contributed by atoms with van der Waals surface area (Å²) in [4.78, 5) is 0.622. The summed E-state index contributed by atoms with van der Waals surface area (Å²) in [7, 11) is 1.78. The Morgan fingerprint density at radius 1 is 1.54 bits per heavy atom. The zero-order valence-electron chi connectivity index (χ0n) is 7.79. The minimum absolute atomic E-state index is 0.362. The van der Waals surface area contributed by atoms with E-state index in [1.807, 2.05) is 0 Å². The van der Waals surface area contributed by atoms with Gasteiger partial charge in [0.2, 0.25) is 0 Å². The van der Waals surface area contributed by atoms with E-state index in [4.69, 9.17) is 12.2 Å². The van der Waals surface area contributed by atoms with Crippen LogP contribution in [-0.4, -0.2) is 27.7 Å². The second-order valence-electron chi connectivity index (χ2n) is 2.83. The fourth-order valence-electron chi connectivity index (χ4n) is 0.815. The van der Waals surface area contributed by atoms with Crippen LogP contribution in [0.3, 0.4) is 0 Å². The summed E-state index contributed by atoms with van der Waals surface area (Å²) in [6, 6.07) is 0.362. The lowest BCUT2D eigenvalue weighted by Gasteiger charge is -2.08. The third kappa shape index (κ3) is 2.60. The largest absolute Gasteiger partial charge is 0.377 e. The van der Waals surface area contributed by atoms with Gasteiger partial charge < -0.3 is 10.6 Å². The van der Waals surface area contributed by atoms with E-state index >= 15 is 0 Å². The molecular formula is C7H12N4S2. The standard InChI is InChI=1S/C7H12N4S2/c1-4(2)9-7-5(6(12)8-3)10-11-13-7/h4,9H,1-3H3,(H,8,12). The maximum absolute atomic E-state index is 5.07. The van der Waals surface area contributed by atoms with Gasteiger partial charge >= 0.3 is 0 Å². The fraction of sp³-hybridized carbons (Fsp3) is 0.571. The molecule has 0 spiro atoms. The molecule has 13 heavy (non-hydrogen) atoms. The first kappa shape index (κ1) is 10.3. The molecule has 0 fully saturated rings. The van der Waals surface area contributed by atoms with Crippen LogP contribution in [0.2, 0.25) is 0 Å². The first-order valence-corrected chi connectivity index (χ1v) is 5.14. The monoisotopic (exact) mass is 216 g/mol. The van der Waals surface area contributed by atoms with Crippen LogP contribution < -0.4 is 10.6 Å². The molecule has 1 rings (SSSR count). The van der Waals surface area contributed by atoms with Gasteiger partial charge in [0.15, 0.2) is 5.69 Å². The topological polar surface area (TPSA) is 49.8 Å². The van der Waals surface area contributed by atoms with Crippen molar-refractivity contribution in [2.45, 2.75) is 19.9 Å². The normalized spacial score (nSPS) is 10.2. The Labute approximate surface area is 86.9 Å². The van der Waals surface area contributed by atoms with Crippen molar-refractivity contribution in [2.75, 3.05) is 12.4 Å². The fourth-order valence-corrected chi connectivity index (χ4v) is 1.74. The average Bonchev–Trinajstić information content (AvgIpc) is 2.50. The van der Waals surface area contributed by atoms with E-state index < -0.39 is 0 Å². The van der Waals surface area contributed by atoms with Crippen LogP contribution in [-0.2, 0) is 0 Å². The number of thiocarbonyl (C=S) groups is 1. The summed E-state index contributed by atoms with van der Waals surface area (Å²) in [6.45, 7) is 4.12. The van der Waals surface area contributed by atoms with Crippen LogP contribution in [0.15, 0.2) is 0 Å². The second-order valence-corrected chi connectivity index (χ2v) is 3.99. The lowest BCUT2D eigenvalue weighted by molar-refractivity contribution is 0.902. The molecule has 2 N–H and O–H groups in total. The van der Waals surface area contributed by atoms with Crippen molar-refractivity contribution in [2.24, 2.45) is 0 Å². The number of nitrogens with zero attached hydrogens (tertiary/aromatic N) is 2. The Hall–Kier alpha value is -0.750. The van der Waals surface area contributed by atoms with Crippen molar-refractivity contribution in [3.63, 3.8) is 0 Å². The molecule has 0 unspecified atom stereocenters. The molecular weight excluding hydrogens is 204 g/mol. The van der Waals surface area contributed by atoms with Crippen molar-refractivity contribution in [1.82, 2.24) is 14.9 Å². The van der Waals surface area contributed by atoms with Gasteiger partial charge in [-0.05, 0) is 13.8 Å². The Morgan fingerprint density at radius 3 is 2.77 bits per heavy atom. The maximum atomic E-state index is 5.07. The number of anilines is 1. The first-order valence-electron chi connectivity index (χ1n) is 3.96. The van der Waals surface area contributed by atoms with E-state index in [0.717, 1.165) is 10.7 Å². The lowest BCUT2D eigenvalue weighted by Crippen LogP contribution is -2.20. The van der Waals surface area contributed by atoms with Gasteiger partial charge in [-0.1, -0.05) is 16.7 Å². The molecule has 1 aromatic rings. The average molecular weight is 216 g/mol. The molecule has 4 nitrogen and oxygen atoms in total. The predicted molar refractivity (Wildman–Crippen MR) is 59.4 cm³/mol. The molecule has 0 saturated heterocycles. The molecule has 0 radical (unpaired) electrons. The van der Waals surface area contributed by atoms with Crippen LogP contribution in [0.25, 0.3) is 0 Å². The van der Waals surface area contributed by atoms with E-state index in [0.29, 0.717) is 11.0 Å². The van der Waals surface area contributed by atoms with E-state index in [9.17, 15) is 0 Å². The van der Waals surface area contributed by atoms with Crippen LogP contribution in [0.1, 0.15) is 19.5 Å². The van der Waals surface area contributed by atoms with Crippen LogP contribution in [0.4, 0.5) is 5.00 Å². The van der Waals surface area contributed by atoms with Gasteiger partial charge in [0.05, 0.1) is 0 Å². The van der Waals surface area contributed by atoms with Gasteiger partial charge in [0.25, 0.3) is 0 Å². The summed E-state index contributed by atoms with van der Waals surface area (Å²) in [5, 5.41) is 11.0. The molecule has 0 amide bonds. The van der Waals surface area contributed by atoms with Gasteiger partial charge in [0, 0.05) is 24.6 Å². The molecule has 0 aliphatic heterocycles. The van der Waals surface area contributed by atoms with Crippen LogP contribution >= 0.6 is 23.8 Å². The minimum Gasteiger partial charge on any atom is -0.377 e. The predicted octanol–water partition coefficient (Wildman–Crippen LogP) is 1.25. The smallest absolute Gasteiger partial charge is 0.156 e. The molecule has 0 aliphatic rings. The van der Waals surface area contributed by atoms with E-state index in [1.165, 1.54) is 11.5 Å². The third-order valence-electron chi connectivity index (χ3n) is 1.35. The summed E-state index contributed by atoms with van der Waals surface area (Å²) < 4.78 is 3.85. The van der Waals surface area contributed by atoms with Gasteiger partial charge in [-0.2, -0.15) is 0 Å². The summed E-state index contributed by atoms with van der Waals surface area (Å²) in [5.41, 5.74) is 0.733. The quantitative estimate of drug-likeness (QED) is 0.745. The number of hydrogen-bond donors (Lipinski definition) is 2. The highest BCUT2D eigenvalue weighted by Gasteiger charge is 2.11. The third-order valence-corrected chi connectivity index (χ3v) is 2.40. The zero-order valence-corrected chi connectivity index (χ0v) is 9.42. The minimum atomic E-state index is 0.362. The number of hydrogen-bond acceptors (Lipinski definition) is 5. The lowest BCUT2D eigenvalue weighted by atomic mass is 10.4. The molecule has 0 aliphatic carbocycles. The SMILES string of the molecule is CNC(=S)c1nnsc1NC(C)C. The van der Waals surface area contributed by atoms with Crippen molar-refractivity contribution in [1.29, 1.82) is 0 Å². The van der Waals surface area contributed by atoms with Crippen molar-refractivity contribution in [3.8, 4) is 0 Å². The summed E-state index contributed by atoms with van der Waals surface area (Å²) in [6.07, 6.45) is 0. The van der Waals surface area contributed by atoms with Gasteiger partial charge in [0.1, 0.15) is 9.99 Å². The Morgan fingerprint density at radius 2 is 2.23 bits per heavy atom. The van der Waals surface area contributed by atoms with Crippen molar-refractivity contribution >= 4 is 33.7 Å². The van der Waals surface area contributed by atoms with Crippen LogP contribution in [0, 0.1) is 0 Å². The Kier molecular flexibility index (Phi) is 3.56. The summed E-state index contributed by atoms with van der Waals surface area (Å²) >= 11 is 6.39. The van der Waals surface area contributed by atoms with Gasteiger partial charge in [-0.25, -0.2) is 0 Å².